The Balaban J connectivity index is 0.000000248. The number of carbonyl (C=O) groups excluding carboxylic acids is 2. The third-order valence-corrected chi connectivity index (χ3v) is 9.17. The van der Waals surface area contributed by atoms with Crippen molar-refractivity contribution in [2.75, 3.05) is 10.6 Å². The summed E-state index contributed by atoms with van der Waals surface area (Å²) in [4.78, 5) is 24.3. The van der Waals surface area contributed by atoms with Gasteiger partial charge in [-0.1, -0.05) is 91.0 Å². The Morgan fingerprint density at radius 1 is 0.809 bits per heavy atom. The molecule has 7 rings (SSSR count). The highest BCUT2D eigenvalue weighted by atomic mass is 19.4. The molecule has 1 heterocycles. The summed E-state index contributed by atoms with van der Waals surface area (Å²) in [5.74, 6) is -2.22. The first-order valence-corrected chi connectivity index (χ1v) is 15.8. The lowest BCUT2D eigenvalue weighted by molar-refractivity contribution is -0.167. The fraction of sp³-hybridized carbons (Fsp3) is 0.250. The summed E-state index contributed by atoms with van der Waals surface area (Å²) in [6.07, 6.45) is -1.27. The average molecular weight is 635 g/mol. The van der Waals surface area contributed by atoms with E-state index >= 15 is 0 Å². The molecule has 0 saturated carbocycles. The first-order valence-electron chi connectivity index (χ1n) is 15.8. The van der Waals surface area contributed by atoms with Gasteiger partial charge in [0.15, 0.2) is 0 Å². The number of nitrogens with one attached hydrogen (secondary N) is 2. The topological polar surface area (TPSA) is 58.2 Å². The lowest BCUT2D eigenvalue weighted by Crippen LogP contribution is -2.31. The first-order chi connectivity index (χ1) is 22.3. The molecule has 2 aliphatic rings. The van der Waals surface area contributed by atoms with Crippen molar-refractivity contribution in [2.24, 2.45) is 0 Å². The fourth-order valence-corrected chi connectivity index (χ4v) is 7.22. The number of Topliss-reactive ketones (excluding diaryl/α,β-unsaturated/α-hetero) is 1. The second-order valence-electron chi connectivity index (χ2n) is 13.0. The van der Waals surface area contributed by atoms with Crippen LogP contribution >= 0.6 is 0 Å². The van der Waals surface area contributed by atoms with Crippen LogP contribution in [0.5, 0.6) is 0 Å². The molecular formula is C40H37F3N2O2. The molecule has 1 aliphatic heterocycles. The van der Waals surface area contributed by atoms with Crippen LogP contribution in [-0.2, 0) is 9.59 Å². The third kappa shape index (κ3) is 6.39. The summed E-state index contributed by atoms with van der Waals surface area (Å²) in [6, 6.07) is 31.0. The maximum Gasteiger partial charge on any atom is 0.471 e. The van der Waals surface area contributed by atoms with Gasteiger partial charge in [0.2, 0.25) is 0 Å². The van der Waals surface area contributed by atoms with Crippen LogP contribution in [-0.4, -0.2) is 23.4 Å². The molecule has 0 bridgehead atoms. The Morgan fingerprint density at radius 3 is 2.15 bits per heavy atom. The van der Waals surface area contributed by atoms with E-state index in [-0.39, 0.29) is 28.8 Å². The number of allylic oxidation sites excluding steroid dienone is 1. The van der Waals surface area contributed by atoms with Crippen LogP contribution in [0, 0.1) is 0 Å². The summed E-state index contributed by atoms with van der Waals surface area (Å²) < 4.78 is 39.3. The lowest BCUT2D eigenvalue weighted by atomic mass is 9.71. The Kier molecular flexibility index (Phi) is 8.43. The van der Waals surface area contributed by atoms with Crippen LogP contribution in [0.3, 0.4) is 0 Å². The summed E-state index contributed by atoms with van der Waals surface area (Å²) in [6.45, 7) is 8.12. The minimum atomic E-state index is -5.00. The molecule has 7 heteroatoms. The number of hydrogen-bond donors (Lipinski definition) is 2. The van der Waals surface area contributed by atoms with Gasteiger partial charge in [-0.15, -0.1) is 0 Å². The summed E-state index contributed by atoms with van der Waals surface area (Å²) in [7, 11) is 0. The highest BCUT2D eigenvalue weighted by Gasteiger charge is 2.39. The van der Waals surface area contributed by atoms with E-state index in [0.29, 0.717) is 11.8 Å². The van der Waals surface area contributed by atoms with Gasteiger partial charge in [-0.3, -0.25) is 9.59 Å². The number of rotatable bonds is 3. The van der Waals surface area contributed by atoms with Crippen LogP contribution in [0.1, 0.15) is 74.6 Å². The second kappa shape index (κ2) is 12.4. The quantitative estimate of drug-likeness (QED) is 0.194. The number of anilines is 2. The minimum Gasteiger partial charge on any atom is -0.376 e. The number of alkyl halides is 3. The summed E-state index contributed by atoms with van der Waals surface area (Å²) in [5.41, 5.74) is 7.06. The SMILES string of the molecule is CC(=O)C1CCC(c2ccccc2)c2c1ccc1c2cc(NC(=O)C(F)(F)F)c2ccccc21.CC1=CC(C)(C)Nc2ccccc21. The van der Waals surface area contributed by atoms with Crippen LogP contribution in [0.15, 0.2) is 103 Å². The van der Waals surface area contributed by atoms with Gasteiger partial charge in [0.25, 0.3) is 0 Å². The largest absolute Gasteiger partial charge is 0.471 e. The standard InChI is InChI=1S/C28H22F3NO2.C12H15N/c1-16(33)18-11-12-19(17-7-3-2-4-8-17)26-23(18)14-13-21-20-9-5-6-10-22(20)25(15-24(21)26)32-27(34)28(29,30)31;1-9-8-12(2,3)13-11-7-5-4-6-10(9)11/h2-10,13-15,18-19H,11-12H2,1H3,(H,32,34);4-8,13H,1-3H3. The zero-order valence-electron chi connectivity index (χ0n) is 26.8. The maximum absolute atomic E-state index is 13.1. The summed E-state index contributed by atoms with van der Waals surface area (Å²) in [5, 5.41) is 8.49. The molecule has 2 N–H and O–H groups in total. The molecule has 4 nitrogen and oxygen atoms in total. The van der Waals surface area contributed by atoms with Gasteiger partial charge in [0, 0.05) is 34.2 Å². The molecular weight excluding hydrogens is 597 g/mol. The van der Waals surface area contributed by atoms with Crippen molar-refractivity contribution in [1.82, 2.24) is 0 Å². The van der Waals surface area contributed by atoms with Gasteiger partial charge in [-0.25, -0.2) is 0 Å². The van der Waals surface area contributed by atoms with E-state index in [1.54, 1.807) is 25.1 Å². The second-order valence-corrected chi connectivity index (χ2v) is 13.0. The molecule has 2 atom stereocenters. The van der Waals surface area contributed by atoms with E-state index in [1.807, 2.05) is 54.6 Å². The third-order valence-electron chi connectivity index (χ3n) is 9.17. The highest BCUT2D eigenvalue weighted by Crippen LogP contribution is 2.48. The van der Waals surface area contributed by atoms with Gasteiger partial charge in [0.1, 0.15) is 5.78 Å². The Hall–Kier alpha value is -4.91. The van der Waals surface area contributed by atoms with Crippen molar-refractivity contribution in [2.45, 2.75) is 64.1 Å². The van der Waals surface area contributed by atoms with Crippen molar-refractivity contribution in [3.05, 3.63) is 125 Å². The van der Waals surface area contributed by atoms with Gasteiger partial charge >= 0.3 is 12.1 Å². The number of carbonyl (C=O) groups is 2. The maximum atomic E-state index is 13.1. The van der Waals surface area contributed by atoms with E-state index in [1.165, 1.54) is 16.8 Å². The highest BCUT2D eigenvalue weighted by molar-refractivity contribution is 6.16. The molecule has 0 aromatic heterocycles. The van der Waals surface area contributed by atoms with Gasteiger partial charge in [0.05, 0.1) is 5.54 Å². The first kappa shape index (κ1) is 32.0. The predicted octanol–water partition coefficient (Wildman–Crippen LogP) is 10.4. The van der Waals surface area contributed by atoms with Crippen LogP contribution in [0.2, 0.25) is 0 Å². The number of benzene rings is 5. The summed E-state index contributed by atoms with van der Waals surface area (Å²) >= 11 is 0. The van der Waals surface area contributed by atoms with Crippen molar-refractivity contribution < 1.29 is 22.8 Å². The molecule has 47 heavy (non-hydrogen) atoms. The number of ketones is 1. The van der Waals surface area contributed by atoms with Crippen LogP contribution < -0.4 is 10.6 Å². The average Bonchev–Trinajstić information content (AvgIpc) is 3.03. The fourth-order valence-electron chi connectivity index (χ4n) is 7.22. The molecule has 0 spiro atoms. The molecule has 1 aliphatic carbocycles. The Morgan fingerprint density at radius 2 is 1.45 bits per heavy atom. The van der Waals surface area contributed by atoms with E-state index in [9.17, 15) is 22.8 Å². The molecule has 5 aromatic rings. The van der Waals surface area contributed by atoms with E-state index in [0.717, 1.165) is 39.3 Å². The Labute approximate surface area is 272 Å². The van der Waals surface area contributed by atoms with E-state index in [2.05, 4.69) is 61.7 Å². The molecule has 2 unspecified atom stereocenters. The predicted molar refractivity (Wildman–Crippen MR) is 185 cm³/mol. The normalized spacial score (nSPS) is 18.1. The molecule has 240 valence electrons. The van der Waals surface area contributed by atoms with Gasteiger partial charge in [-0.2, -0.15) is 13.2 Å². The van der Waals surface area contributed by atoms with Crippen molar-refractivity contribution >= 4 is 50.2 Å². The molecule has 0 saturated heterocycles. The number of hydrogen-bond acceptors (Lipinski definition) is 3. The molecule has 1 amide bonds. The van der Waals surface area contributed by atoms with E-state index in [4.69, 9.17) is 0 Å². The van der Waals surface area contributed by atoms with Crippen molar-refractivity contribution in [3.63, 3.8) is 0 Å². The van der Waals surface area contributed by atoms with Crippen LogP contribution in [0.25, 0.3) is 27.1 Å². The number of para-hydroxylation sites is 1. The van der Waals surface area contributed by atoms with Gasteiger partial charge in [-0.05, 0) is 91.1 Å². The molecule has 0 radical (unpaired) electrons. The molecule has 5 aromatic carbocycles. The van der Waals surface area contributed by atoms with E-state index < -0.39 is 12.1 Å². The monoisotopic (exact) mass is 634 g/mol. The van der Waals surface area contributed by atoms with Crippen molar-refractivity contribution in [3.8, 4) is 0 Å². The number of fused-ring (bicyclic) bond motifs is 6. The Bertz CT molecular complexity index is 2030. The smallest absolute Gasteiger partial charge is 0.376 e. The zero-order chi connectivity index (χ0) is 33.5. The molecule has 0 fully saturated rings. The van der Waals surface area contributed by atoms with Crippen molar-refractivity contribution in [1.29, 1.82) is 0 Å². The van der Waals surface area contributed by atoms with Gasteiger partial charge < -0.3 is 10.6 Å². The zero-order valence-corrected chi connectivity index (χ0v) is 26.8. The number of amides is 1. The number of halogens is 3. The minimum absolute atomic E-state index is 0.0113. The lowest BCUT2D eigenvalue weighted by Gasteiger charge is -2.32. The van der Waals surface area contributed by atoms with Crippen LogP contribution in [0.4, 0.5) is 24.5 Å².